The Kier molecular flexibility index (Phi) is 2.96. The smallest absolute Gasteiger partial charge is 0.310 e. The zero-order valence-corrected chi connectivity index (χ0v) is 8.29. The van der Waals surface area contributed by atoms with E-state index in [1.54, 1.807) is 0 Å². The van der Waals surface area contributed by atoms with Crippen LogP contribution in [0.25, 0.3) is 0 Å². The monoisotopic (exact) mass is 186 g/mol. The maximum absolute atomic E-state index is 11.1. The van der Waals surface area contributed by atoms with Gasteiger partial charge in [0.05, 0.1) is 11.5 Å². The van der Waals surface area contributed by atoms with E-state index in [0.717, 1.165) is 12.8 Å². The second-order valence-corrected chi connectivity index (χ2v) is 4.04. The molecule has 0 unspecified atom stereocenters. The fraction of sp³-hybridized carbons (Fsp3) is 0.900. The topological polar surface area (TPSA) is 57.5 Å². The van der Waals surface area contributed by atoms with Crippen molar-refractivity contribution in [2.45, 2.75) is 45.6 Å². The van der Waals surface area contributed by atoms with E-state index in [1.165, 1.54) is 0 Å². The fourth-order valence-electron chi connectivity index (χ4n) is 2.53. The molecule has 0 heterocycles. The molecular formula is C10H18O3. The summed E-state index contributed by atoms with van der Waals surface area (Å²) < 4.78 is 0. The third-order valence-corrected chi connectivity index (χ3v) is 3.39. The molecule has 0 aromatic rings. The quantitative estimate of drug-likeness (QED) is 0.701. The highest BCUT2D eigenvalue weighted by molar-refractivity contribution is 5.76. The standard InChI is InChI=1S/C10H18O3/c1-3-7(4-2)10(9(12)13)5-8(11)6-10/h7-8,11H,3-6H2,1-2H3,(H,12,13). The first-order valence-corrected chi connectivity index (χ1v) is 4.98. The van der Waals surface area contributed by atoms with E-state index < -0.39 is 17.5 Å². The van der Waals surface area contributed by atoms with Crippen LogP contribution in [-0.4, -0.2) is 22.3 Å². The molecular weight excluding hydrogens is 168 g/mol. The largest absolute Gasteiger partial charge is 0.481 e. The molecule has 1 saturated carbocycles. The number of aliphatic carboxylic acids is 1. The van der Waals surface area contributed by atoms with Gasteiger partial charge in [-0.2, -0.15) is 0 Å². The van der Waals surface area contributed by atoms with Crippen molar-refractivity contribution in [1.29, 1.82) is 0 Å². The van der Waals surface area contributed by atoms with Crippen LogP contribution in [0.15, 0.2) is 0 Å². The van der Waals surface area contributed by atoms with Crippen LogP contribution in [0, 0.1) is 11.3 Å². The molecule has 1 rings (SSSR count). The van der Waals surface area contributed by atoms with Crippen molar-refractivity contribution in [2.75, 3.05) is 0 Å². The lowest BCUT2D eigenvalue weighted by Gasteiger charge is -2.46. The molecule has 3 nitrogen and oxygen atoms in total. The van der Waals surface area contributed by atoms with Gasteiger partial charge in [-0.15, -0.1) is 0 Å². The molecule has 2 N–H and O–H groups in total. The van der Waals surface area contributed by atoms with E-state index in [1.807, 2.05) is 13.8 Å². The fourth-order valence-corrected chi connectivity index (χ4v) is 2.53. The van der Waals surface area contributed by atoms with E-state index in [0.29, 0.717) is 12.8 Å². The van der Waals surface area contributed by atoms with E-state index >= 15 is 0 Å². The van der Waals surface area contributed by atoms with Crippen LogP contribution in [0.1, 0.15) is 39.5 Å². The first-order chi connectivity index (χ1) is 6.06. The van der Waals surface area contributed by atoms with Crippen LogP contribution in [0.2, 0.25) is 0 Å². The maximum atomic E-state index is 11.1. The Bertz CT molecular complexity index is 190. The third kappa shape index (κ3) is 1.57. The Labute approximate surface area is 78.8 Å². The Morgan fingerprint density at radius 3 is 2.15 bits per heavy atom. The minimum absolute atomic E-state index is 0.216. The number of rotatable bonds is 4. The summed E-state index contributed by atoms with van der Waals surface area (Å²) in [6, 6.07) is 0. The Balaban J connectivity index is 2.74. The van der Waals surface area contributed by atoms with Crippen LogP contribution < -0.4 is 0 Å². The Morgan fingerprint density at radius 1 is 1.46 bits per heavy atom. The van der Waals surface area contributed by atoms with Gasteiger partial charge in [-0.25, -0.2) is 0 Å². The van der Waals surface area contributed by atoms with Crippen LogP contribution in [0.4, 0.5) is 0 Å². The molecule has 13 heavy (non-hydrogen) atoms. The first-order valence-electron chi connectivity index (χ1n) is 4.98. The predicted molar refractivity (Wildman–Crippen MR) is 49.4 cm³/mol. The van der Waals surface area contributed by atoms with Gasteiger partial charge in [-0.05, 0) is 18.8 Å². The van der Waals surface area contributed by atoms with Crippen molar-refractivity contribution < 1.29 is 15.0 Å². The molecule has 0 spiro atoms. The van der Waals surface area contributed by atoms with Gasteiger partial charge in [0, 0.05) is 0 Å². The second kappa shape index (κ2) is 3.66. The minimum atomic E-state index is -0.730. The zero-order valence-electron chi connectivity index (χ0n) is 8.29. The molecule has 76 valence electrons. The number of carboxylic acid groups (broad SMARTS) is 1. The molecule has 1 fully saturated rings. The highest BCUT2D eigenvalue weighted by atomic mass is 16.4. The molecule has 1 aliphatic rings. The Hall–Kier alpha value is -0.570. The predicted octanol–water partition coefficient (Wildman–Crippen LogP) is 1.65. The van der Waals surface area contributed by atoms with Gasteiger partial charge in [0.15, 0.2) is 0 Å². The lowest BCUT2D eigenvalue weighted by molar-refractivity contribution is -0.171. The SMILES string of the molecule is CCC(CC)C1(C(=O)O)CC(O)C1. The van der Waals surface area contributed by atoms with Crippen molar-refractivity contribution >= 4 is 5.97 Å². The highest BCUT2D eigenvalue weighted by Gasteiger charge is 2.53. The van der Waals surface area contributed by atoms with Gasteiger partial charge < -0.3 is 10.2 Å². The van der Waals surface area contributed by atoms with E-state index in [2.05, 4.69) is 0 Å². The number of carboxylic acids is 1. The van der Waals surface area contributed by atoms with E-state index in [-0.39, 0.29) is 5.92 Å². The third-order valence-electron chi connectivity index (χ3n) is 3.39. The normalized spacial score (nSPS) is 33.1. The maximum Gasteiger partial charge on any atom is 0.310 e. The van der Waals surface area contributed by atoms with Crippen LogP contribution in [0.5, 0.6) is 0 Å². The summed E-state index contributed by atoms with van der Waals surface area (Å²) in [6.07, 6.45) is 2.26. The highest BCUT2D eigenvalue weighted by Crippen LogP contribution is 2.49. The van der Waals surface area contributed by atoms with Crippen molar-refractivity contribution in [3.05, 3.63) is 0 Å². The first kappa shape index (κ1) is 10.5. The minimum Gasteiger partial charge on any atom is -0.481 e. The number of aliphatic hydroxyl groups is 1. The van der Waals surface area contributed by atoms with Gasteiger partial charge in [-0.1, -0.05) is 26.7 Å². The molecule has 0 aromatic heterocycles. The lowest BCUT2D eigenvalue weighted by Crippen LogP contribution is -2.51. The van der Waals surface area contributed by atoms with Crippen molar-refractivity contribution in [2.24, 2.45) is 11.3 Å². The average molecular weight is 186 g/mol. The van der Waals surface area contributed by atoms with Crippen molar-refractivity contribution in [1.82, 2.24) is 0 Å². The number of hydrogen-bond donors (Lipinski definition) is 2. The van der Waals surface area contributed by atoms with Crippen LogP contribution in [-0.2, 0) is 4.79 Å². The summed E-state index contributed by atoms with van der Waals surface area (Å²) in [5, 5.41) is 18.3. The van der Waals surface area contributed by atoms with Crippen LogP contribution in [0.3, 0.4) is 0 Å². The molecule has 0 radical (unpaired) electrons. The molecule has 0 aliphatic heterocycles. The number of aliphatic hydroxyl groups excluding tert-OH is 1. The van der Waals surface area contributed by atoms with Crippen LogP contribution >= 0.6 is 0 Å². The molecule has 3 heteroatoms. The summed E-state index contributed by atoms with van der Waals surface area (Å²) in [5.41, 5.74) is -0.622. The average Bonchev–Trinajstić information content (AvgIpc) is 2.02. The molecule has 1 aliphatic carbocycles. The van der Waals surface area contributed by atoms with E-state index in [4.69, 9.17) is 5.11 Å². The van der Waals surface area contributed by atoms with Gasteiger partial charge in [-0.3, -0.25) is 4.79 Å². The van der Waals surface area contributed by atoms with Crippen molar-refractivity contribution in [3.63, 3.8) is 0 Å². The second-order valence-electron chi connectivity index (χ2n) is 4.04. The summed E-state index contributed by atoms with van der Waals surface area (Å²) in [5.74, 6) is -0.514. The summed E-state index contributed by atoms with van der Waals surface area (Å²) >= 11 is 0. The summed E-state index contributed by atoms with van der Waals surface area (Å²) in [4.78, 5) is 11.1. The van der Waals surface area contributed by atoms with Gasteiger partial charge >= 0.3 is 5.97 Å². The zero-order chi connectivity index (χ0) is 10.1. The molecule has 0 amide bonds. The number of hydrogen-bond acceptors (Lipinski definition) is 2. The van der Waals surface area contributed by atoms with Gasteiger partial charge in [0.1, 0.15) is 0 Å². The van der Waals surface area contributed by atoms with Gasteiger partial charge in [0.25, 0.3) is 0 Å². The molecule has 0 bridgehead atoms. The Morgan fingerprint density at radius 2 is 1.92 bits per heavy atom. The molecule has 0 atom stereocenters. The lowest BCUT2D eigenvalue weighted by atomic mass is 9.58. The summed E-state index contributed by atoms with van der Waals surface area (Å²) in [7, 11) is 0. The summed E-state index contributed by atoms with van der Waals surface area (Å²) in [6.45, 7) is 4.03. The number of carbonyl (C=O) groups is 1. The van der Waals surface area contributed by atoms with E-state index in [9.17, 15) is 9.90 Å². The molecule has 0 aromatic carbocycles. The van der Waals surface area contributed by atoms with Gasteiger partial charge in [0.2, 0.25) is 0 Å². The van der Waals surface area contributed by atoms with Crippen molar-refractivity contribution in [3.8, 4) is 0 Å². The molecule has 0 saturated heterocycles.